The number of rotatable bonds is 7. The Morgan fingerprint density at radius 3 is 3.04 bits per heavy atom. The van der Waals surface area contributed by atoms with E-state index in [1.54, 1.807) is 29.3 Å². The number of H-pyrrole nitrogens is 1. The standard InChI is InChI=1S/C18H19N5OS3/c1-11(19-6-9-26-18-20-5-7-23(18)2)15-21-16(24)14-12(10-27-17(14)22-15)13-4-3-8-25-13/h3-5,7-8,10-11,19H,6,9H2,1-2H3,(H,21,22,24)/t11-/m0/s1. The maximum atomic E-state index is 12.7. The van der Waals surface area contributed by atoms with Crippen LogP contribution in [0.15, 0.2) is 45.2 Å². The van der Waals surface area contributed by atoms with Gasteiger partial charge in [0.1, 0.15) is 10.7 Å². The van der Waals surface area contributed by atoms with Crippen LogP contribution in [0.2, 0.25) is 0 Å². The number of aryl methyl sites for hydroxylation is 1. The van der Waals surface area contributed by atoms with Gasteiger partial charge in [0.2, 0.25) is 0 Å². The van der Waals surface area contributed by atoms with Gasteiger partial charge in [-0.15, -0.1) is 22.7 Å². The third kappa shape index (κ3) is 3.86. The quantitative estimate of drug-likeness (QED) is 0.352. The van der Waals surface area contributed by atoms with Gasteiger partial charge >= 0.3 is 0 Å². The minimum absolute atomic E-state index is 0.0311. The van der Waals surface area contributed by atoms with E-state index < -0.39 is 0 Å². The van der Waals surface area contributed by atoms with E-state index in [1.807, 2.05) is 47.6 Å². The van der Waals surface area contributed by atoms with E-state index in [2.05, 4.69) is 15.3 Å². The van der Waals surface area contributed by atoms with Gasteiger partial charge in [-0.25, -0.2) is 9.97 Å². The second kappa shape index (κ2) is 7.97. The van der Waals surface area contributed by atoms with E-state index in [-0.39, 0.29) is 11.6 Å². The molecule has 4 rings (SSSR count). The summed E-state index contributed by atoms with van der Waals surface area (Å²) in [6.07, 6.45) is 3.74. The monoisotopic (exact) mass is 417 g/mol. The smallest absolute Gasteiger partial charge is 0.260 e. The van der Waals surface area contributed by atoms with Gasteiger partial charge in [0.15, 0.2) is 5.16 Å². The van der Waals surface area contributed by atoms with Gasteiger partial charge in [-0.1, -0.05) is 17.8 Å². The molecule has 0 amide bonds. The van der Waals surface area contributed by atoms with Crippen LogP contribution in [0, 0.1) is 0 Å². The largest absolute Gasteiger partial charge is 0.329 e. The fraction of sp³-hybridized carbons (Fsp3) is 0.278. The van der Waals surface area contributed by atoms with Crippen LogP contribution in [0.1, 0.15) is 18.8 Å². The maximum Gasteiger partial charge on any atom is 0.260 e. The molecule has 4 aromatic rings. The molecule has 1 atom stereocenters. The zero-order chi connectivity index (χ0) is 18.8. The molecular formula is C18H19N5OS3. The Bertz CT molecular complexity index is 1100. The van der Waals surface area contributed by atoms with Gasteiger partial charge in [0.25, 0.3) is 5.56 Å². The number of hydrogen-bond donors (Lipinski definition) is 2. The first kappa shape index (κ1) is 18.4. The van der Waals surface area contributed by atoms with Crippen molar-refractivity contribution in [3.8, 4) is 10.4 Å². The Morgan fingerprint density at radius 1 is 1.41 bits per heavy atom. The third-order valence-electron chi connectivity index (χ3n) is 4.22. The van der Waals surface area contributed by atoms with Crippen LogP contribution in [0.3, 0.4) is 0 Å². The van der Waals surface area contributed by atoms with Crippen molar-refractivity contribution in [2.75, 3.05) is 12.3 Å². The van der Waals surface area contributed by atoms with Crippen molar-refractivity contribution in [2.45, 2.75) is 18.1 Å². The highest BCUT2D eigenvalue weighted by Gasteiger charge is 2.16. The molecule has 0 aromatic carbocycles. The van der Waals surface area contributed by atoms with E-state index in [9.17, 15) is 4.79 Å². The molecule has 0 saturated carbocycles. The highest BCUT2D eigenvalue weighted by Crippen LogP contribution is 2.33. The van der Waals surface area contributed by atoms with Crippen molar-refractivity contribution in [2.24, 2.45) is 7.05 Å². The summed E-state index contributed by atoms with van der Waals surface area (Å²) < 4.78 is 2.00. The van der Waals surface area contributed by atoms with Crippen LogP contribution in [-0.2, 0) is 7.05 Å². The lowest BCUT2D eigenvalue weighted by atomic mass is 10.2. The molecule has 0 spiro atoms. The normalized spacial score (nSPS) is 12.7. The number of hydrogen-bond acceptors (Lipinski definition) is 7. The van der Waals surface area contributed by atoms with Crippen molar-refractivity contribution in [3.05, 3.63) is 51.5 Å². The molecule has 0 saturated heterocycles. The average Bonchev–Trinajstić information content (AvgIpc) is 3.39. The van der Waals surface area contributed by atoms with Gasteiger partial charge in [-0.2, -0.15) is 0 Å². The first-order valence-corrected chi connectivity index (χ1v) is 11.3. The zero-order valence-corrected chi connectivity index (χ0v) is 17.4. The Balaban J connectivity index is 1.45. The van der Waals surface area contributed by atoms with E-state index in [0.29, 0.717) is 11.2 Å². The summed E-state index contributed by atoms with van der Waals surface area (Å²) in [5.74, 6) is 1.57. The molecule has 9 heteroatoms. The predicted molar refractivity (Wildman–Crippen MR) is 114 cm³/mol. The van der Waals surface area contributed by atoms with Crippen molar-refractivity contribution < 1.29 is 0 Å². The minimum atomic E-state index is -0.0734. The molecule has 27 heavy (non-hydrogen) atoms. The van der Waals surface area contributed by atoms with E-state index >= 15 is 0 Å². The molecule has 0 fully saturated rings. The number of fused-ring (bicyclic) bond motifs is 1. The lowest BCUT2D eigenvalue weighted by Crippen LogP contribution is -2.25. The summed E-state index contributed by atoms with van der Waals surface area (Å²) in [6, 6.07) is 3.99. The summed E-state index contributed by atoms with van der Waals surface area (Å²) in [7, 11) is 1.99. The second-order valence-corrected chi connectivity index (χ2v) is 8.97. The fourth-order valence-electron chi connectivity index (χ4n) is 2.79. The van der Waals surface area contributed by atoms with Gasteiger partial charge in [-0.3, -0.25) is 4.79 Å². The second-order valence-electron chi connectivity index (χ2n) is 6.10. The van der Waals surface area contributed by atoms with Crippen LogP contribution in [0.4, 0.5) is 0 Å². The number of nitrogens with one attached hydrogen (secondary N) is 2. The Morgan fingerprint density at radius 2 is 2.30 bits per heavy atom. The van der Waals surface area contributed by atoms with Gasteiger partial charge in [0.05, 0.1) is 11.4 Å². The Kier molecular flexibility index (Phi) is 5.44. The van der Waals surface area contributed by atoms with Crippen LogP contribution >= 0.6 is 34.4 Å². The molecule has 0 radical (unpaired) electrons. The third-order valence-corrected chi connectivity index (χ3v) is 7.05. The molecule has 0 aliphatic carbocycles. The molecular weight excluding hydrogens is 398 g/mol. The number of imidazole rings is 1. The van der Waals surface area contributed by atoms with Gasteiger partial charge in [-0.05, 0) is 18.4 Å². The highest BCUT2D eigenvalue weighted by molar-refractivity contribution is 7.99. The summed E-state index contributed by atoms with van der Waals surface area (Å²) >= 11 is 4.85. The lowest BCUT2D eigenvalue weighted by Gasteiger charge is -2.13. The SMILES string of the molecule is C[C@H](NCCSc1nccn1C)c1nc2scc(-c3cccs3)c2c(=O)[nH]1. The molecule has 6 nitrogen and oxygen atoms in total. The molecule has 4 heterocycles. The first-order valence-electron chi connectivity index (χ1n) is 8.52. The number of aromatic nitrogens is 4. The number of thiophene rings is 2. The summed E-state index contributed by atoms with van der Waals surface area (Å²) in [4.78, 5) is 26.5. The Hall–Kier alpha value is -1.94. The molecule has 0 aliphatic heterocycles. The first-order chi connectivity index (χ1) is 13.1. The number of thioether (sulfide) groups is 1. The number of nitrogens with zero attached hydrogens (tertiary/aromatic N) is 3. The summed E-state index contributed by atoms with van der Waals surface area (Å²) in [5, 5.41) is 9.14. The predicted octanol–water partition coefficient (Wildman–Crippen LogP) is 3.89. The average molecular weight is 418 g/mol. The molecule has 2 N–H and O–H groups in total. The Labute approximate surface area is 168 Å². The van der Waals surface area contributed by atoms with Crippen LogP contribution in [0.25, 0.3) is 20.7 Å². The van der Waals surface area contributed by atoms with Crippen molar-refractivity contribution in [1.82, 2.24) is 24.8 Å². The van der Waals surface area contributed by atoms with Gasteiger partial charge in [0, 0.05) is 47.6 Å². The molecule has 0 aliphatic rings. The minimum Gasteiger partial charge on any atom is -0.329 e. The van der Waals surface area contributed by atoms with E-state index in [0.717, 1.165) is 32.7 Å². The molecule has 0 bridgehead atoms. The number of aromatic amines is 1. The van der Waals surface area contributed by atoms with Crippen LogP contribution < -0.4 is 10.9 Å². The van der Waals surface area contributed by atoms with Crippen molar-refractivity contribution in [1.29, 1.82) is 0 Å². The zero-order valence-electron chi connectivity index (χ0n) is 14.9. The van der Waals surface area contributed by atoms with Crippen LogP contribution in [0.5, 0.6) is 0 Å². The lowest BCUT2D eigenvalue weighted by molar-refractivity contribution is 0.569. The summed E-state index contributed by atoms with van der Waals surface area (Å²) in [5.41, 5.74) is 0.896. The summed E-state index contributed by atoms with van der Waals surface area (Å²) in [6.45, 7) is 2.81. The molecule has 4 aromatic heterocycles. The van der Waals surface area contributed by atoms with Crippen LogP contribution in [-0.4, -0.2) is 31.8 Å². The highest BCUT2D eigenvalue weighted by atomic mass is 32.2. The molecule has 0 unspecified atom stereocenters. The topological polar surface area (TPSA) is 75.6 Å². The van der Waals surface area contributed by atoms with Crippen molar-refractivity contribution in [3.63, 3.8) is 0 Å². The fourth-order valence-corrected chi connectivity index (χ4v) is 5.36. The van der Waals surface area contributed by atoms with Crippen molar-refractivity contribution >= 4 is 44.7 Å². The van der Waals surface area contributed by atoms with Gasteiger partial charge < -0.3 is 14.9 Å². The van der Waals surface area contributed by atoms with E-state index in [1.165, 1.54) is 11.3 Å². The van der Waals surface area contributed by atoms with E-state index in [4.69, 9.17) is 4.98 Å². The maximum absolute atomic E-state index is 12.7. The molecule has 140 valence electrons.